The van der Waals surface area contributed by atoms with Crippen molar-refractivity contribution in [2.24, 2.45) is 0 Å². The van der Waals surface area contributed by atoms with Crippen LogP contribution in [0.4, 0.5) is 13.2 Å². The second-order valence-electron chi connectivity index (χ2n) is 7.15. The minimum absolute atomic E-state index is 0.00580. The van der Waals surface area contributed by atoms with Crippen molar-refractivity contribution in [3.05, 3.63) is 65.3 Å². The van der Waals surface area contributed by atoms with Crippen molar-refractivity contribution in [2.45, 2.75) is 50.8 Å². The number of benzene rings is 1. The average molecular weight is 438 g/mol. The van der Waals surface area contributed by atoms with E-state index >= 15 is 0 Å². The molecule has 0 heterocycles. The van der Waals surface area contributed by atoms with E-state index in [4.69, 9.17) is 9.84 Å². The monoisotopic (exact) mass is 438 g/mol. The Balaban J connectivity index is 1.89. The quantitative estimate of drug-likeness (QED) is 0.381. The summed E-state index contributed by atoms with van der Waals surface area (Å²) in [6.45, 7) is -0.224. The molecule has 8 heteroatoms. The van der Waals surface area contributed by atoms with E-state index in [0.717, 1.165) is 17.7 Å². The molecule has 5 nitrogen and oxygen atoms in total. The van der Waals surface area contributed by atoms with E-state index in [0.29, 0.717) is 37.7 Å². The Morgan fingerprint density at radius 2 is 2.00 bits per heavy atom. The number of unbranched alkanes of at least 4 members (excludes halogenated alkanes) is 1. The van der Waals surface area contributed by atoms with Gasteiger partial charge in [-0.05, 0) is 49.5 Å². The van der Waals surface area contributed by atoms with Crippen LogP contribution in [0.25, 0.3) is 0 Å². The lowest BCUT2D eigenvalue weighted by atomic mass is 10.1. The summed E-state index contributed by atoms with van der Waals surface area (Å²) in [6, 6.07) is 4.42. The second kappa shape index (κ2) is 11.5. The number of carbonyl (C=O) groups excluding carboxylic acids is 1. The third-order valence-corrected chi connectivity index (χ3v) is 4.70. The number of halogens is 3. The topological polar surface area (TPSA) is 83.8 Å². The number of alkyl halides is 3. The molecule has 0 saturated carbocycles. The van der Waals surface area contributed by atoms with Crippen LogP contribution in [0, 0.1) is 0 Å². The number of carboxylic acids is 1. The first kappa shape index (κ1) is 24.4. The number of carboxylic acid groups (broad SMARTS) is 1. The first-order valence-electron chi connectivity index (χ1n) is 9.95. The van der Waals surface area contributed by atoms with E-state index in [1.807, 2.05) is 12.2 Å². The number of hydrogen-bond acceptors (Lipinski definition) is 4. The Morgan fingerprint density at radius 1 is 1.23 bits per heavy atom. The van der Waals surface area contributed by atoms with Gasteiger partial charge < -0.3 is 14.9 Å². The highest BCUT2D eigenvalue weighted by atomic mass is 19.4. The number of aliphatic carboxylic acids is 1. The number of Topliss-reactive ketones (excluding diaryl/α,β-unsaturated/α-hetero) is 1. The maximum absolute atomic E-state index is 12.7. The molecule has 0 bridgehead atoms. The Morgan fingerprint density at radius 3 is 2.71 bits per heavy atom. The van der Waals surface area contributed by atoms with E-state index in [-0.39, 0.29) is 24.6 Å². The predicted octanol–water partition coefficient (Wildman–Crippen LogP) is 4.86. The Kier molecular flexibility index (Phi) is 9.05. The summed E-state index contributed by atoms with van der Waals surface area (Å²) in [4.78, 5) is 22.6. The molecule has 1 aliphatic rings. The summed E-state index contributed by atoms with van der Waals surface area (Å²) in [5, 5.41) is 18.7. The summed E-state index contributed by atoms with van der Waals surface area (Å²) < 4.78 is 43.4. The Labute approximate surface area is 178 Å². The molecule has 0 saturated heterocycles. The summed E-state index contributed by atoms with van der Waals surface area (Å²) >= 11 is 0. The number of allylic oxidation sites excluding steroid dienone is 5. The standard InChI is InChI=1S/C23H25F3O5/c24-23(25,26)17-6-5-7-19(14-17)31-15-18(27)12-10-16-11-13-21(28)20(16)8-3-1-2-4-9-22(29)30/h1,3,5-7,10,12,14,18,27H,2,4,8-9,11,13,15H2,(H,29,30)/b3-1-,12-10+/t18-/m1/s1. The molecule has 0 aromatic heterocycles. The third-order valence-electron chi connectivity index (χ3n) is 4.70. The lowest BCUT2D eigenvalue weighted by Crippen LogP contribution is -2.15. The highest BCUT2D eigenvalue weighted by Crippen LogP contribution is 2.31. The molecule has 0 amide bonds. The van der Waals surface area contributed by atoms with Crippen molar-refractivity contribution in [3.8, 4) is 5.75 Å². The van der Waals surface area contributed by atoms with Gasteiger partial charge in [0.15, 0.2) is 5.78 Å². The van der Waals surface area contributed by atoms with Crippen LogP contribution in [0.5, 0.6) is 5.75 Å². The van der Waals surface area contributed by atoms with Gasteiger partial charge in [0, 0.05) is 18.4 Å². The molecule has 2 N–H and O–H groups in total. The van der Waals surface area contributed by atoms with Gasteiger partial charge in [0.1, 0.15) is 18.5 Å². The van der Waals surface area contributed by atoms with Gasteiger partial charge in [0.2, 0.25) is 0 Å². The second-order valence-corrected chi connectivity index (χ2v) is 7.15. The van der Waals surface area contributed by atoms with E-state index in [2.05, 4.69) is 0 Å². The molecule has 1 atom stereocenters. The number of rotatable bonds is 11. The van der Waals surface area contributed by atoms with Crippen molar-refractivity contribution in [3.63, 3.8) is 0 Å². The van der Waals surface area contributed by atoms with Crippen LogP contribution in [0.3, 0.4) is 0 Å². The zero-order valence-corrected chi connectivity index (χ0v) is 16.9. The van der Waals surface area contributed by atoms with Gasteiger partial charge in [-0.15, -0.1) is 0 Å². The normalized spacial score (nSPS) is 15.9. The van der Waals surface area contributed by atoms with E-state index < -0.39 is 23.8 Å². The number of aliphatic hydroxyl groups is 1. The molecule has 0 spiro atoms. The molecule has 0 radical (unpaired) electrons. The molecule has 2 rings (SSSR count). The van der Waals surface area contributed by atoms with E-state index in [1.54, 1.807) is 6.08 Å². The van der Waals surface area contributed by atoms with Gasteiger partial charge in [-0.2, -0.15) is 13.2 Å². The van der Waals surface area contributed by atoms with E-state index in [9.17, 15) is 27.9 Å². The van der Waals surface area contributed by atoms with Gasteiger partial charge in [-0.3, -0.25) is 9.59 Å². The van der Waals surface area contributed by atoms with Crippen molar-refractivity contribution in [2.75, 3.05) is 6.61 Å². The molecular formula is C23H25F3O5. The predicted molar refractivity (Wildman–Crippen MR) is 109 cm³/mol. The number of carbonyl (C=O) groups is 2. The highest BCUT2D eigenvalue weighted by Gasteiger charge is 2.30. The molecule has 0 aliphatic heterocycles. The van der Waals surface area contributed by atoms with Crippen molar-refractivity contribution >= 4 is 11.8 Å². The van der Waals surface area contributed by atoms with Gasteiger partial charge in [-0.25, -0.2) is 0 Å². The lowest BCUT2D eigenvalue weighted by molar-refractivity contribution is -0.138. The third kappa shape index (κ3) is 8.41. The molecule has 31 heavy (non-hydrogen) atoms. The maximum atomic E-state index is 12.7. The fourth-order valence-electron chi connectivity index (χ4n) is 3.07. The smallest absolute Gasteiger partial charge is 0.416 e. The Hall–Kier alpha value is -2.87. The molecule has 168 valence electrons. The fraction of sp³-hybridized carbons (Fsp3) is 0.391. The molecule has 1 aromatic carbocycles. The molecule has 1 aromatic rings. The average Bonchev–Trinajstić information content (AvgIpc) is 3.06. The summed E-state index contributed by atoms with van der Waals surface area (Å²) in [5.41, 5.74) is 0.625. The van der Waals surface area contributed by atoms with Crippen molar-refractivity contribution in [1.82, 2.24) is 0 Å². The van der Waals surface area contributed by atoms with Gasteiger partial charge in [0.05, 0.1) is 5.56 Å². The van der Waals surface area contributed by atoms with Crippen molar-refractivity contribution in [1.29, 1.82) is 0 Å². The van der Waals surface area contributed by atoms with Crippen LogP contribution < -0.4 is 4.74 Å². The highest BCUT2D eigenvalue weighted by molar-refractivity contribution is 5.99. The van der Waals surface area contributed by atoms with Crippen LogP contribution >= 0.6 is 0 Å². The minimum atomic E-state index is -4.47. The van der Waals surface area contributed by atoms with Crippen LogP contribution in [-0.4, -0.2) is 34.7 Å². The lowest BCUT2D eigenvalue weighted by Gasteiger charge is -2.12. The number of ketones is 1. The molecule has 0 fully saturated rings. The molecule has 0 unspecified atom stereocenters. The zero-order chi connectivity index (χ0) is 22.9. The summed E-state index contributed by atoms with van der Waals surface area (Å²) in [5.74, 6) is -0.805. The maximum Gasteiger partial charge on any atom is 0.416 e. The number of hydrogen-bond donors (Lipinski definition) is 2. The fourth-order valence-corrected chi connectivity index (χ4v) is 3.07. The van der Waals surface area contributed by atoms with Crippen LogP contribution in [0.15, 0.2) is 59.7 Å². The van der Waals surface area contributed by atoms with Gasteiger partial charge in [-0.1, -0.05) is 30.4 Å². The van der Waals surface area contributed by atoms with Gasteiger partial charge in [0.25, 0.3) is 0 Å². The summed E-state index contributed by atoms with van der Waals surface area (Å²) in [7, 11) is 0. The summed E-state index contributed by atoms with van der Waals surface area (Å²) in [6.07, 6.45) is 3.89. The van der Waals surface area contributed by atoms with Crippen LogP contribution in [0.2, 0.25) is 0 Å². The molecule has 1 aliphatic carbocycles. The number of aliphatic hydroxyl groups excluding tert-OH is 1. The van der Waals surface area contributed by atoms with Crippen LogP contribution in [-0.2, 0) is 15.8 Å². The Bertz CT molecular complexity index is 868. The first-order valence-corrected chi connectivity index (χ1v) is 9.95. The SMILES string of the molecule is O=C(O)CCC/C=C\CC1=C(/C=C/[C@@H](O)COc2cccc(C(F)(F)F)c2)CCC1=O. The first-order chi connectivity index (χ1) is 14.7. The minimum Gasteiger partial charge on any atom is -0.491 e. The molecular weight excluding hydrogens is 413 g/mol. The van der Waals surface area contributed by atoms with E-state index in [1.165, 1.54) is 18.2 Å². The van der Waals surface area contributed by atoms with Gasteiger partial charge >= 0.3 is 12.1 Å². The number of ether oxygens (including phenoxy) is 1. The largest absolute Gasteiger partial charge is 0.491 e. The van der Waals surface area contributed by atoms with Crippen molar-refractivity contribution < 1.29 is 37.7 Å². The van der Waals surface area contributed by atoms with Crippen LogP contribution in [0.1, 0.15) is 44.1 Å². The zero-order valence-electron chi connectivity index (χ0n) is 16.9.